The third kappa shape index (κ3) is 2.53. The van der Waals surface area contributed by atoms with Crippen molar-refractivity contribution in [2.75, 3.05) is 4.72 Å². The number of phenols is 1. The van der Waals surface area contributed by atoms with Crippen molar-refractivity contribution in [1.82, 2.24) is 5.16 Å². The van der Waals surface area contributed by atoms with Crippen LogP contribution in [0, 0.1) is 19.7 Å². The molecular weight excluding hydrogens is 275 g/mol. The molecule has 2 aromatic rings. The van der Waals surface area contributed by atoms with Crippen molar-refractivity contribution < 1.29 is 22.4 Å². The molecule has 0 atom stereocenters. The lowest BCUT2D eigenvalue weighted by Gasteiger charge is -2.07. The Morgan fingerprint density at radius 3 is 2.58 bits per heavy atom. The standard InChI is InChI=1S/C11H11FN2O4S/c1-6-11(7(2)18-13-6)19(16,17)14-8-3-4-10(15)9(12)5-8/h3-5,14-15H,1-2H3. The summed E-state index contributed by atoms with van der Waals surface area (Å²) in [5.74, 6) is -1.33. The fourth-order valence-electron chi connectivity index (χ4n) is 1.63. The zero-order chi connectivity index (χ0) is 14.2. The number of hydrogen-bond donors (Lipinski definition) is 2. The first-order chi connectivity index (χ1) is 8.81. The highest BCUT2D eigenvalue weighted by Gasteiger charge is 2.24. The lowest BCUT2D eigenvalue weighted by Crippen LogP contribution is -2.14. The van der Waals surface area contributed by atoms with Gasteiger partial charge in [-0.3, -0.25) is 4.72 Å². The predicted octanol–water partition coefficient (Wildman–Crippen LogP) is 1.94. The minimum atomic E-state index is -3.92. The Morgan fingerprint density at radius 2 is 2.05 bits per heavy atom. The van der Waals surface area contributed by atoms with E-state index in [1.807, 2.05) is 0 Å². The number of nitrogens with zero attached hydrogens (tertiary/aromatic N) is 1. The summed E-state index contributed by atoms with van der Waals surface area (Å²) in [5.41, 5.74) is 0.208. The number of sulfonamides is 1. The number of nitrogens with one attached hydrogen (secondary N) is 1. The van der Waals surface area contributed by atoms with E-state index in [4.69, 9.17) is 9.63 Å². The molecule has 0 bridgehead atoms. The maximum absolute atomic E-state index is 13.1. The molecule has 0 aliphatic rings. The van der Waals surface area contributed by atoms with Crippen LogP contribution in [0.25, 0.3) is 0 Å². The van der Waals surface area contributed by atoms with Crippen LogP contribution < -0.4 is 4.72 Å². The van der Waals surface area contributed by atoms with Crippen LogP contribution in [-0.2, 0) is 10.0 Å². The molecule has 0 aliphatic heterocycles. The van der Waals surface area contributed by atoms with Crippen LogP contribution in [0.3, 0.4) is 0 Å². The summed E-state index contributed by atoms with van der Waals surface area (Å²) in [6.07, 6.45) is 0. The average molecular weight is 286 g/mol. The van der Waals surface area contributed by atoms with Crippen LogP contribution in [-0.4, -0.2) is 18.7 Å². The highest BCUT2D eigenvalue weighted by atomic mass is 32.2. The maximum atomic E-state index is 13.1. The SMILES string of the molecule is Cc1noc(C)c1S(=O)(=O)Nc1ccc(O)c(F)c1. The molecule has 0 spiro atoms. The summed E-state index contributed by atoms with van der Waals surface area (Å²) in [6, 6.07) is 3.18. The number of halogens is 1. The predicted molar refractivity (Wildman–Crippen MR) is 64.9 cm³/mol. The molecule has 1 aromatic carbocycles. The Bertz CT molecular complexity index is 705. The molecule has 1 heterocycles. The van der Waals surface area contributed by atoms with Crippen molar-refractivity contribution in [2.45, 2.75) is 18.7 Å². The Balaban J connectivity index is 2.39. The van der Waals surface area contributed by atoms with E-state index < -0.39 is 21.6 Å². The molecule has 102 valence electrons. The Kier molecular flexibility index (Phi) is 3.19. The minimum absolute atomic E-state index is 0.00435. The second-order valence-corrected chi connectivity index (χ2v) is 5.54. The van der Waals surface area contributed by atoms with Crippen LogP contribution in [0.2, 0.25) is 0 Å². The molecule has 0 aliphatic carbocycles. The number of hydrogen-bond acceptors (Lipinski definition) is 5. The van der Waals surface area contributed by atoms with Gasteiger partial charge in [0.1, 0.15) is 5.69 Å². The topological polar surface area (TPSA) is 92.4 Å². The van der Waals surface area contributed by atoms with E-state index in [1.165, 1.54) is 19.9 Å². The fourth-order valence-corrected chi connectivity index (χ4v) is 3.02. The van der Waals surface area contributed by atoms with Crippen LogP contribution >= 0.6 is 0 Å². The molecule has 0 amide bonds. The highest BCUT2D eigenvalue weighted by molar-refractivity contribution is 7.92. The van der Waals surface area contributed by atoms with Gasteiger partial charge in [-0.25, -0.2) is 12.8 Å². The lowest BCUT2D eigenvalue weighted by atomic mass is 10.3. The molecule has 0 saturated heterocycles. The van der Waals surface area contributed by atoms with E-state index in [9.17, 15) is 12.8 Å². The van der Waals surface area contributed by atoms with E-state index in [0.29, 0.717) is 0 Å². The summed E-state index contributed by atoms with van der Waals surface area (Å²) in [7, 11) is -3.92. The first-order valence-electron chi connectivity index (χ1n) is 5.25. The lowest BCUT2D eigenvalue weighted by molar-refractivity contribution is 0.390. The number of anilines is 1. The molecule has 2 N–H and O–H groups in total. The van der Waals surface area contributed by atoms with Crippen molar-refractivity contribution in [3.8, 4) is 5.75 Å². The van der Waals surface area contributed by atoms with Crippen LogP contribution in [0.4, 0.5) is 10.1 Å². The third-order valence-corrected chi connectivity index (χ3v) is 4.06. The quantitative estimate of drug-likeness (QED) is 0.841. The monoisotopic (exact) mass is 286 g/mol. The second-order valence-electron chi connectivity index (χ2n) is 3.92. The van der Waals surface area contributed by atoms with Crippen molar-refractivity contribution >= 4 is 15.7 Å². The molecule has 2 rings (SSSR count). The van der Waals surface area contributed by atoms with E-state index >= 15 is 0 Å². The van der Waals surface area contributed by atoms with Gasteiger partial charge in [-0.1, -0.05) is 5.16 Å². The Labute approximate surface area is 108 Å². The zero-order valence-electron chi connectivity index (χ0n) is 10.1. The number of aryl methyl sites for hydroxylation is 2. The summed E-state index contributed by atoms with van der Waals surface area (Å²) in [4.78, 5) is -0.0824. The number of benzene rings is 1. The number of phenolic OH excluding ortho intramolecular Hbond substituents is 1. The highest BCUT2D eigenvalue weighted by Crippen LogP contribution is 2.24. The van der Waals surface area contributed by atoms with Crippen molar-refractivity contribution in [1.29, 1.82) is 0 Å². The average Bonchev–Trinajstić information content (AvgIpc) is 2.64. The van der Waals surface area contributed by atoms with Crippen LogP contribution in [0.15, 0.2) is 27.6 Å². The van der Waals surface area contributed by atoms with Crippen molar-refractivity contribution in [3.63, 3.8) is 0 Å². The fraction of sp³-hybridized carbons (Fsp3) is 0.182. The molecule has 0 unspecified atom stereocenters. The van der Waals surface area contributed by atoms with Gasteiger partial charge in [-0.05, 0) is 26.0 Å². The van der Waals surface area contributed by atoms with Gasteiger partial charge in [-0.2, -0.15) is 0 Å². The second kappa shape index (κ2) is 4.54. The van der Waals surface area contributed by atoms with Crippen molar-refractivity contribution in [2.24, 2.45) is 0 Å². The largest absolute Gasteiger partial charge is 0.505 e. The molecule has 0 saturated carbocycles. The summed E-state index contributed by atoms with van der Waals surface area (Å²) >= 11 is 0. The molecule has 19 heavy (non-hydrogen) atoms. The summed E-state index contributed by atoms with van der Waals surface area (Å²) in [5, 5.41) is 12.6. The van der Waals surface area contributed by atoms with E-state index in [1.54, 1.807) is 0 Å². The summed E-state index contributed by atoms with van der Waals surface area (Å²) < 4.78 is 44.3. The van der Waals surface area contributed by atoms with Gasteiger partial charge in [0.25, 0.3) is 10.0 Å². The molecule has 8 heteroatoms. The number of aromatic hydroxyl groups is 1. The van der Waals surface area contributed by atoms with Gasteiger partial charge in [0.2, 0.25) is 0 Å². The normalized spacial score (nSPS) is 11.5. The van der Waals surface area contributed by atoms with Crippen molar-refractivity contribution in [3.05, 3.63) is 35.5 Å². The zero-order valence-corrected chi connectivity index (χ0v) is 11.0. The Hall–Kier alpha value is -2.09. The van der Waals surface area contributed by atoms with E-state index in [0.717, 1.165) is 12.1 Å². The van der Waals surface area contributed by atoms with Gasteiger partial charge in [0.05, 0.1) is 5.69 Å². The van der Waals surface area contributed by atoms with Gasteiger partial charge in [0, 0.05) is 6.07 Å². The third-order valence-electron chi connectivity index (χ3n) is 2.44. The molecule has 0 radical (unpaired) electrons. The summed E-state index contributed by atoms with van der Waals surface area (Å²) in [6.45, 7) is 2.95. The number of rotatable bonds is 3. The molecular formula is C11H11FN2O4S. The Morgan fingerprint density at radius 1 is 1.37 bits per heavy atom. The van der Waals surface area contributed by atoms with Crippen LogP contribution in [0.1, 0.15) is 11.5 Å². The maximum Gasteiger partial charge on any atom is 0.267 e. The first-order valence-corrected chi connectivity index (χ1v) is 6.74. The molecule has 0 fully saturated rings. The van der Waals surface area contributed by atoms with Gasteiger partial charge in [0.15, 0.2) is 22.2 Å². The van der Waals surface area contributed by atoms with Crippen LogP contribution in [0.5, 0.6) is 5.75 Å². The smallest absolute Gasteiger partial charge is 0.267 e. The number of aromatic nitrogens is 1. The molecule has 1 aromatic heterocycles. The van der Waals surface area contributed by atoms with E-state index in [-0.39, 0.29) is 22.0 Å². The van der Waals surface area contributed by atoms with E-state index in [2.05, 4.69) is 9.88 Å². The van der Waals surface area contributed by atoms with Gasteiger partial charge >= 0.3 is 0 Å². The van der Waals surface area contributed by atoms with Gasteiger partial charge in [-0.15, -0.1) is 0 Å². The molecule has 6 nitrogen and oxygen atoms in total. The first kappa shape index (κ1) is 13.3. The van der Waals surface area contributed by atoms with Gasteiger partial charge < -0.3 is 9.63 Å². The minimum Gasteiger partial charge on any atom is -0.505 e.